The summed E-state index contributed by atoms with van der Waals surface area (Å²) >= 11 is 1.74. The average molecular weight is 186 g/mol. The third-order valence-electron chi connectivity index (χ3n) is 1.98. The zero-order chi connectivity index (χ0) is 8.97. The van der Waals surface area contributed by atoms with Crippen molar-refractivity contribution in [3.05, 3.63) is 12.7 Å². The zero-order valence-electron chi connectivity index (χ0n) is 7.32. The van der Waals surface area contributed by atoms with Gasteiger partial charge in [-0.15, -0.1) is 0 Å². The van der Waals surface area contributed by atoms with Gasteiger partial charge in [0, 0.05) is 26.2 Å². The Bertz CT molecular complexity index is 176. The van der Waals surface area contributed by atoms with E-state index in [1.807, 2.05) is 4.90 Å². The summed E-state index contributed by atoms with van der Waals surface area (Å²) in [7, 11) is 0. The Labute approximate surface area is 77.5 Å². The Morgan fingerprint density at radius 1 is 1.42 bits per heavy atom. The lowest BCUT2D eigenvalue weighted by atomic mass is 10.3. The third kappa shape index (κ3) is 2.25. The van der Waals surface area contributed by atoms with Gasteiger partial charge in [-0.05, 0) is 12.3 Å². The molecule has 0 saturated carbocycles. The molecule has 1 aliphatic rings. The summed E-state index contributed by atoms with van der Waals surface area (Å²) in [6.45, 7) is 7.03. The molecular formula is C8H14N2OS. The second kappa shape index (κ2) is 4.52. The van der Waals surface area contributed by atoms with Crippen molar-refractivity contribution in [2.75, 3.05) is 32.4 Å². The molecule has 1 fully saturated rings. The molecule has 0 aliphatic carbocycles. The predicted molar refractivity (Wildman–Crippen MR) is 51.9 cm³/mol. The molecule has 1 heterocycles. The van der Waals surface area contributed by atoms with Crippen LogP contribution >= 0.6 is 11.9 Å². The van der Waals surface area contributed by atoms with Gasteiger partial charge in [0.1, 0.15) is 0 Å². The molecule has 0 radical (unpaired) electrons. The van der Waals surface area contributed by atoms with Crippen LogP contribution in [0, 0.1) is 0 Å². The molecule has 0 spiro atoms. The van der Waals surface area contributed by atoms with E-state index in [-0.39, 0.29) is 5.91 Å². The number of hydrogen-bond donors (Lipinski definition) is 0. The molecule has 1 amide bonds. The molecule has 0 atom stereocenters. The van der Waals surface area contributed by atoms with Crippen LogP contribution in [0.1, 0.15) is 0 Å². The fourth-order valence-electron chi connectivity index (χ4n) is 1.22. The van der Waals surface area contributed by atoms with Crippen LogP contribution in [0.2, 0.25) is 0 Å². The van der Waals surface area contributed by atoms with Gasteiger partial charge in [0.05, 0.1) is 0 Å². The summed E-state index contributed by atoms with van der Waals surface area (Å²) in [5.41, 5.74) is 0. The van der Waals surface area contributed by atoms with Gasteiger partial charge in [-0.1, -0.05) is 18.5 Å². The number of carbonyl (C=O) groups is 1. The summed E-state index contributed by atoms with van der Waals surface area (Å²) in [6, 6.07) is 0. The monoisotopic (exact) mass is 186 g/mol. The second-order valence-corrected chi connectivity index (χ2v) is 3.52. The predicted octanol–water partition coefficient (Wildman–Crippen LogP) is 0.595. The van der Waals surface area contributed by atoms with Gasteiger partial charge >= 0.3 is 0 Å². The molecule has 0 aromatic rings. The smallest absolute Gasteiger partial charge is 0.246 e. The van der Waals surface area contributed by atoms with Crippen LogP contribution in [0.25, 0.3) is 0 Å². The summed E-state index contributed by atoms with van der Waals surface area (Å²) in [4.78, 5) is 13.0. The number of rotatable bonds is 2. The molecule has 0 aromatic carbocycles. The summed E-state index contributed by atoms with van der Waals surface area (Å²) in [6.07, 6.45) is 3.44. The lowest BCUT2D eigenvalue weighted by Gasteiger charge is -2.32. The lowest BCUT2D eigenvalue weighted by Crippen LogP contribution is -2.45. The molecular weight excluding hydrogens is 172 g/mol. The van der Waals surface area contributed by atoms with E-state index in [0.29, 0.717) is 0 Å². The number of amides is 1. The van der Waals surface area contributed by atoms with Crippen molar-refractivity contribution in [1.82, 2.24) is 9.21 Å². The van der Waals surface area contributed by atoms with Crippen LogP contribution in [0.3, 0.4) is 0 Å². The van der Waals surface area contributed by atoms with Gasteiger partial charge in [0.25, 0.3) is 0 Å². The number of piperazine rings is 1. The maximum atomic E-state index is 11.1. The highest BCUT2D eigenvalue weighted by atomic mass is 32.2. The molecule has 1 aliphatic heterocycles. The Kier molecular flexibility index (Phi) is 3.62. The normalized spacial score (nSPS) is 19.2. The maximum Gasteiger partial charge on any atom is 0.246 e. The van der Waals surface area contributed by atoms with Crippen LogP contribution in [0.15, 0.2) is 12.7 Å². The van der Waals surface area contributed by atoms with E-state index in [1.54, 1.807) is 11.9 Å². The van der Waals surface area contributed by atoms with Gasteiger partial charge in [-0.25, -0.2) is 4.31 Å². The minimum absolute atomic E-state index is 0.0516. The fraction of sp³-hybridized carbons (Fsp3) is 0.625. The maximum absolute atomic E-state index is 11.1. The molecule has 12 heavy (non-hydrogen) atoms. The SMILES string of the molecule is C=CC(=O)N1CCN(SC)CC1. The Balaban J connectivity index is 2.35. The first-order chi connectivity index (χ1) is 5.77. The van der Waals surface area contributed by atoms with E-state index >= 15 is 0 Å². The summed E-state index contributed by atoms with van der Waals surface area (Å²) in [5.74, 6) is 0.0516. The largest absolute Gasteiger partial charge is 0.337 e. The minimum Gasteiger partial charge on any atom is -0.337 e. The molecule has 68 valence electrons. The Hall–Kier alpha value is -0.480. The van der Waals surface area contributed by atoms with Crippen LogP contribution in [0.4, 0.5) is 0 Å². The van der Waals surface area contributed by atoms with Crippen LogP contribution in [0.5, 0.6) is 0 Å². The Morgan fingerprint density at radius 2 is 2.00 bits per heavy atom. The van der Waals surface area contributed by atoms with Gasteiger partial charge < -0.3 is 4.90 Å². The molecule has 1 rings (SSSR count). The van der Waals surface area contributed by atoms with E-state index in [1.165, 1.54) is 6.08 Å². The van der Waals surface area contributed by atoms with E-state index in [4.69, 9.17) is 0 Å². The van der Waals surface area contributed by atoms with Crippen LogP contribution < -0.4 is 0 Å². The summed E-state index contributed by atoms with van der Waals surface area (Å²) < 4.78 is 2.26. The molecule has 0 aromatic heterocycles. The molecule has 0 bridgehead atoms. The van der Waals surface area contributed by atoms with E-state index < -0.39 is 0 Å². The molecule has 3 nitrogen and oxygen atoms in total. The van der Waals surface area contributed by atoms with Gasteiger partial charge in [0.15, 0.2) is 0 Å². The fourth-order valence-corrected chi connectivity index (χ4v) is 1.75. The average Bonchev–Trinajstić information content (AvgIpc) is 2.17. The highest BCUT2D eigenvalue weighted by molar-refractivity contribution is 7.96. The molecule has 4 heteroatoms. The first-order valence-electron chi connectivity index (χ1n) is 3.98. The first kappa shape index (κ1) is 9.61. The van der Waals surface area contributed by atoms with Gasteiger partial charge in [-0.2, -0.15) is 0 Å². The lowest BCUT2D eigenvalue weighted by molar-refractivity contribution is -0.127. The van der Waals surface area contributed by atoms with E-state index in [9.17, 15) is 4.79 Å². The van der Waals surface area contributed by atoms with E-state index in [0.717, 1.165) is 26.2 Å². The highest BCUT2D eigenvalue weighted by Crippen LogP contribution is 2.09. The molecule has 0 unspecified atom stereocenters. The van der Waals surface area contributed by atoms with Gasteiger partial charge in [-0.3, -0.25) is 4.79 Å². The second-order valence-electron chi connectivity index (χ2n) is 2.64. The summed E-state index contributed by atoms with van der Waals surface area (Å²) in [5, 5.41) is 0. The van der Waals surface area contributed by atoms with Crippen molar-refractivity contribution in [2.24, 2.45) is 0 Å². The number of carbonyl (C=O) groups excluding carboxylic acids is 1. The van der Waals surface area contributed by atoms with Crippen molar-refractivity contribution in [1.29, 1.82) is 0 Å². The number of hydrogen-bond acceptors (Lipinski definition) is 3. The minimum atomic E-state index is 0.0516. The topological polar surface area (TPSA) is 23.6 Å². The van der Waals surface area contributed by atoms with Gasteiger partial charge in [0.2, 0.25) is 5.91 Å². The highest BCUT2D eigenvalue weighted by Gasteiger charge is 2.17. The Morgan fingerprint density at radius 3 is 2.42 bits per heavy atom. The van der Waals surface area contributed by atoms with Crippen LogP contribution in [-0.4, -0.2) is 47.5 Å². The third-order valence-corrected chi connectivity index (χ3v) is 2.86. The quantitative estimate of drug-likeness (QED) is 0.466. The standard InChI is InChI=1S/C8H14N2OS/c1-3-8(11)9-4-6-10(12-2)7-5-9/h3H,1,4-7H2,2H3. The zero-order valence-corrected chi connectivity index (χ0v) is 8.14. The van der Waals surface area contributed by atoms with E-state index in [2.05, 4.69) is 17.1 Å². The van der Waals surface area contributed by atoms with Crippen molar-refractivity contribution in [3.63, 3.8) is 0 Å². The molecule has 1 saturated heterocycles. The van der Waals surface area contributed by atoms with Crippen molar-refractivity contribution >= 4 is 17.9 Å². The van der Waals surface area contributed by atoms with Crippen LogP contribution in [-0.2, 0) is 4.79 Å². The van der Waals surface area contributed by atoms with Crippen molar-refractivity contribution in [3.8, 4) is 0 Å². The molecule has 0 N–H and O–H groups in total. The van der Waals surface area contributed by atoms with Crippen molar-refractivity contribution in [2.45, 2.75) is 0 Å². The van der Waals surface area contributed by atoms with Crippen molar-refractivity contribution < 1.29 is 4.79 Å². The number of nitrogens with zero attached hydrogens (tertiary/aromatic N) is 2. The first-order valence-corrected chi connectivity index (χ1v) is 5.16.